The Morgan fingerprint density at radius 2 is 1.33 bits per heavy atom. The Hall–Kier alpha value is -1.60. The van der Waals surface area contributed by atoms with Crippen LogP contribution >= 0.6 is 0 Å². The van der Waals surface area contributed by atoms with Crippen LogP contribution < -0.4 is 5.32 Å². The van der Waals surface area contributed by atoms with E-state index in [-0.39, 0.29) is 0 Å². The normalized spacial score (nSPS) is 14.2. The highest BCUT2D eigenvalue weighted by Gasteiger charge is 2.14. The van der Waals surface area contributed by atoms with Crippen LogP contribution in [0.15, 0.2) is 54.6 Å². The van der Waals surface area contributed by atoms with Gasteiger partial charge < -0.3 is 5.32 Å². The van der Waals surface area contributed by atoms with Crippen molar-refractivity contribution in [2.75, 3.05) is 7.05 Å². The van der Waals surface area contributed by atoms with Crippen LogP contribution in [0.25, 0.3) is 0 Å². The van der Waals surface area contributed by atoms with Crippen molar-refractivity contribution in [3.63, 3.8) is 0 Å². The minimum Gasteiger partial charge on any atom is -0.313 e. The fourth-order valence-corrected chi connectivity index (χ4v) is 2.38. The van der Waals surface area contributed by atoms with Gasteiger partial charge in [-0.15, -0.1) is 0 Å². The van der Waals surface area contributed by atoms with Crippen molar-refractivity contribution >= 4 is 0 Å². The van der Waals surface area contributed by atoms with Crippen molar-refractivity contribution in [2.45, 2.75) is 25.8 Å². The van der Waals surface area contributed by atoms with Crippen molar-refractivity contribution in [3.8, 4) is 0 Å². The standard InChI is InChI=1S/C17H21N/c1-13(15-9-5-4-6-10-15)16-11-7-8-12-17(16)14(2)18-3/h4-14,18H,1-3H3. The molecule has 0 aliphatic rings. The predicted octanol–water partition coefficient (Wildman–Crippen LogP) is 4.12. The zero-order valence-electron chi connectivity index (χ0n) is 11.4. The number of rotatable bonds is 4. The lowest BCUT2D eigenvalue weighted by Crippen LogP contribution is -2.15. The Balaban J connectivity index is 2.39. The first-order chi connectivity index (χ1) is 8.74. The zero-order chi connectivity index (χ0) is 13.0. The molecule has 0 fully saturated rings. The Morgan fingerprint density at radius 3 is 1.94 bits per heavy atom. The topological polar surface area (TPSA) is 12.0 Å². The summed E-state index contributed by atoms with van der Waals surface area (Å²) in [5.74, 6) is 0.429. The first-order valence-electron chi connectivity index (χ1n) is 6.55. The molecule has 94 valence electrons. The fraction of sp³-hybridized carbons (Fsp3) is 0.294. The molecule has 0 saturated heterocycles. The lowest BCUT2D eigenvalue weighted by molar-refractivity contribution is 0.641. The molecule has 0 amide bonds. The summed E-state index contributed by atoms with van der Waals surface area (Å²) in [4.78, 5) is 0. The van der Waals surface area contributed by atoms with Gasteiger partial charge in [0.05, 0.1) is 0 Å². The lowest BCUT2D eigenvalue weighted by Gasteiger charge is -2.20. The van der Waals surface area contributed by atoms with Gasteiger partial charge in [-0.2, -0.15) is 0 Å². The van der Waals surface area contributed by atoms with Crippen molar-refractivity contribution < 1.29 is 0 Å². The summed E-state index contributed by atoms with van der Waals surface area (Å²) in [5.41, 5.74) is 4.16. The van der Waals surface area contributed by atoms with Crippen LogP contribution in [0.1, 0.15) is 42.5 Å². The summed E-state index contributed by atoms with van der Waals surface area (Å²) in [7, 11) is 2.01. The summed E-state index contributed by atoms with van der Waals surface area (Å²) in [6.45, 7) is 4.48. The van der Waals surface area contributed by atoms with Gasteiger partial charge in [-0.1, -0.05) is 61.5 Å². The lowest BCUT2D eigenvalue weighted by atomic mass is 9.87. The Morgan fingerprint density at radius 1 is 0.778 bits per heavy atom. The third-order valence-corrected chi connectivity index (χ3v) is 3.66. The van der Waals surface area contributed by atoms with E-state index in [1.807, 2.05) is 7.05 Å². The molecule has 2 rings (SSSR count). The summed E-state index contributed by atoms with van der Waals surface area (Å²) in [5, 5.41) is 3.33. The second-order valence-electron chi connectivity index (χ2n) is 4.77. The van der Waals surface area contributed by atoms with Gasteiger partial charge in [-0.25, -0.2) is 0 Å². The second kappa shape index (κ2) is 5.83. The molecule has 2 unspecified atom stereocenters. The molecule has 2 atom stereocenters. The number of hydrogen-bond donors (Lipinski definition) is 1. The Bertz CT molecular complexity index is 490. The molecule has 0 bridgehead atoms. The zero-order valence-corrected chi connectivity index (χ0v) is 11.4. The van der Waals surface area contributed by atoms with Crippen molar-refractivity contribution in [2.24, 2.45) is 0 Å². The van der Waals surface area contributed by atoms with E-state index in [0.29, 0.717) is 12.0 Å². The van der Waals surface area contributed by atoms with Gasteiger partial charge in [-0.05, 0) is 30.7 Å². The molecular formula is C17H21N. The highest BCUT2D eigenvalue weighted by molar-refractivity contribution is 5.38. The number of benzene rings is 2. The smallest absolute Gasteiger partial charge is 0.0291 e. The van der Waals surface area contributed by atoms with Gasteiger partial charge >= 0.3 is 0 Å². The molecule has 1 N–H and O–H groups in total. The van der Waals surface area contributed by atoms with E-state index < -0.39 is 0 Å². The molecule has 0 spiro atoms. The van der Waals surface area contributed by atoms with Crippen LogP contribution in [-0.4, -0.2) is 7.05 Å². The van der Waals surface area contributed by atoms with Crippen LogP contribution in [0.4, 0.5) is 0 Å². The molecule has 18 heavy (non-hydrogen) atoms. The Kier molecular flexibility index (Phi) is 4.16. The molecular weight excluding hydrogens is 218 g/mol. The van der Waals surface area contributed by atoms with E-state index in [1.54, 1.807) is 0 Å². The third-order valence-electron chi connectivity index (χ3n) is 3.66. The van der Waals surface area contributed by atoms with Crippen LogP contribution in [-0.2, 0) is 0 Å². The molecule has 1 nitrogen and oxygen atoms in total. The average molecular weight is 239 g/mol. The minimum atomic E-state index is 0.382. The highest BCUT2D eigenvalue weighted by Crippen LogP contribution is 2.29. The molecule has 0 radical (unpaired) electrons. The second-order valence-corrected chi connectivity index (χ2v) is 4.77. The SMILES string of the molecule is CNC(C)c1ccccc1C(C)c1ccccc1. The van der Waals surface area contributed by atoms with Gasteiger partial charge in [0, 0.05) is 12.0 Å². The van der Waals surface area contributed by atoms with E-state index in [4.69, 9.17) is 0 Å². The minimum absolute atomic E-state index is 0.382. The number of nitrogens with one attached hydrogen (secondary N) is 1. The molecule has 0 heterocycles. The van der Waals surface area contributed by atoms with Crippen molar-refractivity contribution in [1.29, 1.82) is 0 Å². The van der Waals surface area contributed by atoms with Gasteiger partial charge in [0.1, 0.15) is 0 Å². The van der Waals surface area contributed by atoms with E-state index in [1.165, 1.54) is 16.7 Å². The molecule has 0 aliphatic heterocycles. The van der Waals surface area contributed by atoms with Gasteiger partial charge in [0.15, 0.2) is 0 Å². The fourth-order valence-electron chi connectivity index (χ4n) is 2.38. The maximum absolute atomic E-state index is 3.33. The summed E-state index contributed by atoms with van der Waals surface area (Å²) in [6, 6.07) is 19.8. The third kappa shape index (κ3) is 2.62. The van der Waals surface area contributed by atoms with Gasteiger partial charge in [0.25, 0.3) is 0 Å². The average Bonchev–Trinajstić information content (AvgIpc) is 2.46. The van der Waals surface area contributed by atoms with Crippen LogP contribution in [0, 0.1) is 0 Å². The number of hydrogen-bond acceptors (Lipinski definition) is 1. The largest absolute Gasteiger partial charge is 0.313 e. The molecule has 2 aromatic rings. The van der Waals surface area contributed by atoms with E-state index >= 15 is 0 Å². The van der Waals surface area contributed by atoms with Crippen molar-refractivity contribution in [1.82, 2.24) is 5.32 Å². The molecule has 2 aromatic carbocycles. The quantitative estimate of drug-likeness (QED) is 0.846. The van der Waals surface area contributed by atoms with E-state index in [2.05, 4.69) is 73.8 Å². The summed E-state index contributed by atoms with van der Waals surface area (Å²) in [6.07, 6.45) is 0. The van der Waals surface area contributed by atoms with Gasteiger partial charge in [0.2, 0.25) is 0 Å². The summed E-state index contributed by atoms with van der Waals surface area (Å²) < 4.78 is 0. The Labute approximate surface area is 110 Å². The van der Waals surface area contributed by atoms with E-state index in [0.717, 1.165) is 0 Å². The molecule has 1 heteroatoms. The highest BCUT2D eigenvalue weighted by atomic mass is 14.9. The first-order valence-corrected chi connectivity index (χ1v) is 6.55. The maximum atomic E-state index is 3.33. The summed E-state index contributed by atoms with van der Waals surface area (Å²) >= 11 is 0. The monoisotopic (exact) mass is 239 g/mol. The predicted molar refractivity (Wildman–Crippen MR) is 77.9 cm³/mol. The van der Waals surface area contributed by atoms with E-state index in [9.17, 15) is 0 Å². The van der Waals surface area contributed by atoms with Crippen LogP contribution in [0.3, 0.4) is 0 Å². The van der Waals surface area contributed by atoms with Gasteiger partial charge in [-0.3, -0.25) is 0 Å². The van der Waals surface area contributed by atoms with Crippen LogP contribution in [0.5, 0.6) is 0 Å². The molecule has 0 aromatic heterocycles. The maximum Gasteiger partial charge on any atom is 0.0291 e. The first kappa shape index (κ1) is 12.8. The molecule has 0 aliphatic carbocycles. The van der Waals surface area contributed by atoms with Crippen LogP contribution in [0.2, 0.25) is 0 Å². The van der Waals surface area contributed by atoms with Crippen molar-refractivity contribution in [3.05, 3.63) is 71.3 Å². The molecule has 0 saturated carbocycles.